The highest BCUT2D eigenvalue weighted by Gasteiger charge is 2.41. The second-order valence-electron chi connectivity index (χ2n) is 4.86. The zero-order valence-corrected chi connectivity index (χ0v) is 9.85. The van der Waals surface area contributed by atoms with Crippen LogP contribution in [0.2, 0.25) is 0 Å². The van der Waals surface area contributed by atoms with Crippen LogP contribution in [0.4, 0.5) is 5.95 Å². The van der Waals surface area contributed by atoms with Gasteiger partial charge in [-0.25, -0.2) is 9.97 Å². The third-order valence-corrected chi connectivity index (χ3v) is 3.62. The molecule has 0 radical (unpaired) electrons. The van der Waals surface area contributed by atoms with Crippen LogP contribution in [0.25, 0.3) is 0 Å². The summed E-state index contributed by atoms with van der Waals surface area (Å²) in [6.07, 6.45) is 6.80. The first-order valence-electron chi connectivity index (χ1n) is 6.25. The highest BCUT2D eigenvalue weighted by molar-refractivity contribution is 5.25. The molecule has 0 unspecified atom stereocenters. The summed E-state index contributed by atoms with van der Waals surface area (Å²) in [5, 5.41) is 6.72. The Morgan fingerprint density at radius 2 is 2.06 bits per heavy atom. The van der Waals surface area contributed by atoms with Crippen LogP contribution in [0.3, 0.4) is 0 Å². The normalized spacial score (nSPS) is 27.2. The van der Waals surface area contributed by atoms with Gasteiger partial charge >= 0.3 is 0 Å². The molecule has 0 saturated carbocycles. The molecule has 5 nitrogen and oxygen atoms in total. The van der Waals surface area contributed by atoms with Crippen molar-refractivity contribution >= 4 is 5.95 Å². The Morgan fingerprint density at radius 3 is 2.82 bits per heavy atom. The van der Waals surface area contributed by atoms with Crippen LogP contribution in [-0.4, -0.2) is 41.3 Å². The molecule has 3 rings (SSSR count). The summed E-state index contributed by atoms with van der Waals surface area (Å²) < 4.78 is 6.01. The molecule has 1 aromatic rings. The lowest BCUT2D eigenvalue weighted by Crippen LogP contribution is -2.41. The SMILES string of the molecule is c1cnc(N[C@H]2COC3(CCNCC3)C2)nc1. The van der Waals surface area contributed by atoms with Gasteiger partial charge in [0.05, 0.1) is 18.2 Å². The number of piperidine rings is 1. The van der Waals surface area contributed by atoms with Gasteiger partial charge in [-0.15, -0.1) is 0 Å². The Kier molecular flexibility index (Phi) is 2.94. The van der Waals surface area contributed by atoms with Gasteiger partial charge in [-0.2, -0.15) is 0 Å². The summed E-state index contributed by atoms with van der Waals surface area (Å²) in [6, 6.07) is 2.17. The summed E-state index contributed by atoms with van der Waals surface area (Å²) in [6.45, 7) is 2.89. The van der Waals surface area contributed by atoms with E-state index in [1.165, 1.54) is 0 Å². The van der Waals surface area contributed by atoms with Gasteiger partial charge in [-0.1, -0.05) is 0 Å². The Morgan fingerprint density at radius 1 is 1.29 bits per heavy atom. The van der Waals surface area contributed by atoms with Crippen LogP contribution in [0.5, 0.6) is 0 Å². The minimum absolute atomic E-state index is 0.0949. The van der Waals surface area contributed by atoms with Gasteiger partial charge in [-0.3, -0.25) is 0 Å². The van der Waals surface area contributed by atoms with Crippen molar-refractivity contribution in [3.63, 3.8) is 0 Å². The standard InChI is InChI=1S/C12H18N4O/c1-4-14-11(15-5-1)16-10-8-12(17-9-10)2-6-13-7-3-12/h1,4-5,10,13H,2-3,6-9H2,(H,14,15,16)/t10-/m1/s1. The molecule has 1 aromatic heterocycles. The third-order valence-electron chi connectivity index (χ3n) is 3.62. The van der Waals surface area contributed by atoms with Crippen molar-refractivity contribution in [3.8, 4) is 0 Å². The lowest BCUT2D eigenvalue weighted by Gasteiger charge is -2.32. The van der Waals surface area contributed by atoms with Gasteiger partial charge < -0.3 is 15.4 Å². The summed E-state index contributed by atoms with van der Waals surface area (Å²) >= 11 is 0. The van der Waals surface area contributed by atoms with Crippen LogP contribution < -0.4 is 10.6 Å². The van der Waals surface area contributed by atoms with Crippen LogP contribution in [-0.2, 0) is 4.74 Å². The first-order valence-corrected chi connectivity index (χ1v) is 6.25. The number of anilines is 1. The van der Waals surface area contributed by atoms with Gasteiger partial charge in [0.2, 0.25) is 5.95 Å². The fourth-order valence-corrected chi connectivity index (χ4v) is 2.72. The molecule has 1 spiro atoms. The second-order valence-corrected chi connectivity index (χ2v) is 4.86. The molecule has 0 aliphatic carbocycles. The van der Waals surface area contributed by atoms with E-state index in [4.69, 9.17) is 4.74 Å². The lowest BCUT2D eigenvalue weighted by molar-refractivity contribution is -0.0192. The molecule has 2 aliphatic heterocycles. The predicted molar refractivity (Wildman–Crippen MR) is 64.8 cm³/mol. The molecule has 3 heterocycles. The largest absolute Gasteiger partial charge is 0.373 e. The Balaban J connectivity index is 1.60. The molecule has 17 heavy (non-hydrogen) atoms. The van der Waals surface area contributed by atoms with Crippen LogP contribution >= 0.6 is 0 Å². The van der Waals surface area contributed by atoms with Gasteiger partial charge in [0.25, 0.3) is 0 Å². The van der Waals surface area contributed by atoms with E-state index in [2.05, 4.69) is 20.6 Å². The first kappa shape index (κ1) is 10.9. The molecule has 2 N–H and O–H groups in total. The minimum Gasteiger partial charge on any atom is -0.373 e. The summed E-state index contributed by atoms with van der Waals surface area (Å²) in [5.74, 6) is 0.701. The molecular formula is C12H18N4O. The molecule has 2 saturated heterocycles. The summed E-state index contributed by atoms with van der Waals surface area (Å²) in [7, 11) is 0. The van der Waals surface area contributed by atoms with Crippen molar-refractivity contribution in [2.45, 2.75) is 30.9 Å². The zero-order chi connectivity index (χ0) is 11.6. The topological polar surface area (TPSA) is 59.1 Å². The van der Waals surface area contributed by atoms with Crippen molar-refractivity contribution in [1.29, 1.82) is 0 Å². The average molecular weight is 234 g/mol. The smallest absolute Gasteiger partial charge is 0.222 e. The minimum atomic E-state index is 0.0949. The number of aromatic nitrogens is 2. The number of ether oxygens (including phenoxy) is 1. The molecule has 0 bridgehead atoms. The highest BCUT2D eigenvalue weighted by Crippen LogP contribution is 2.34. The van der Waals surface area contributed by atoms with E-state index in [-0.39, 0.29) is 5.60 Å². The number of nitrogens with zero attached hydrogens (tertiary/aromatic N) is 2. The molecule has 92 valence electrons. The first-order chi connectivity index (χ1) is 8.36. The van der Waals surface area contributed by atoms with Gasteiger partial charge in [0.15, 0.2) is 0 Å². The number of hydrogen-bond acceptors (Lipinski definition) is 5. The fraction of sp³-hybridized carbons (Fsp3) is 0.667. The Hall–Kier alpha value is -1.20. The molecule has 2 aliphatic rings. The number of hydrogen-bond donors (Lipinski definition) is 2. The maximum Gasteiger partial charge on any atom is 0.222 e. The van der Waals surface area contributed by atoms with Crippen molar-refractivity contribution in [2.75, 3.05) is 25.0 Å². The molecule has 0 amide bonds. The molecule has 0 aromatic carbocycles. The molecule has 2 fully saturated rings. The quantitative estimate of drug-likeness (QED) is 0.792. The maximum atomic E-state index is 6.01. The third kappa shape index (κ3) is 2.40. The second kappa shape index (κ2) is 4.58. The van der Waals surface area contributed by atoms with E-state index in [0.717, 1.165) is 39.0 Å². The van der Waals surface area contributed by atoms with Gasteiger partial charge in [-0.05, 0) is 38.4 Å². The van der Waals surface area contributed by atoms with E-state index >= 15 is 0 Å². The maximum absolute atomic E-state index is 6.01. The molecule has 5 heteroatoms. The van der Waals surface area contributed by atoms with Crippen molar-refractivity contribution in [3.05, 3.63) is 18.5 Å². The van der Waals surface area contributed by atoms with E-state index < -0.39 is 0 Å². The van der Waals surface area contributed by atoms with Crippen molar-refractivity contribution < 1.29 is 4.74 Å². The van der Waals surface area contributed by atoms with Crippen LogP contribution in [0.15, 0.2) is 18.5 Å². The van der Waals surface area contributed by atoms with Crippen molar-refractivity contribution in [2.24, 2.45) is 0 Å². The van der Waals surface area contributed by atoms with Gasteiger partial charge in [0.1, 0.15) is 0 Å². The highest BCUT2D eigenvalue weighted by atomic mass is 16.5. The van der Waals surface area contributed by atoms with Crippen molar-refractivity contribution in [1.82, 2.24) is 15.3 Å². The number of nitrogens with one attached hydrogen (secondary N) is 2. The summed E-state index contributed by atoms with van der Waals surface area (Å²) in [5.41, 5.74) is 0.0949. The van der Waals surface area contributed by atoms with Crippen LogP contribution in [0, 0.1) is 0 Å². The number of rotatable bonds is 2. The molecular weight excluding hydrogens is 216 g/mol. The lowest BCUT2D eigenvalue weighted by atomic mass is 9.88. The monoisotopic (exact) mass is 234 g/mol. The van der Waals surface area contributed by atoms with Crippen LogP contribution in [0.1, 0.15) is 19.3 Å². The van der Waals surface area contributed by atoms with E-state index in [0.29, 0.717) is 12.0 Å². The van der Waals surface area contributed by atoms with E-state index in [1.807, 2.05) is 6.07 Å². The Bertz CT molecular complexity index is 364. The zero-order valence-electron chi connectivity index (χ0n) is 9.85. The Labute approximate surface area is 101 Å². The fourth-order valence-electron chi connectivity index (χ4n) is 2.72. The molecule has 1 atom stereocenters. The van der Waals surface area contributed by atoms with E-state index in [9.17, 15) is 0 Å². The van der Waals surface area contributed by atoms with Gasteiger partial charge in [0, 0.05) is 12.4 Å². The predicted octanol–water partition coefficient (Wildman–Crippen LogP) is 0.800. The summed E-state index contributed by atoms with van der Waals surface area (Å²) in [4.78, 5) is 8.37. The van der Waals surface area contributed by atoms with E-state index in [1.54, 1.807) is 12.4 Å². The average Bonchev–Trinajstić information content (AvgIpc) is 2.74.